The number of nitrogens with one attached hydrogen (secondary N) is 1. The first-order chi connectivity index (χ1) is 14.4. The van der Waals surface area contributed by atoms with E-state index < -0.39 is 4.92 Å². The number of rotatable bonds is 8. The summed E-state index contributed by atoms with van der Waals surface area (Å²) in [5, 5.41) is 18.5. The summed E-state index contributed by atoms with van der Waals surface area (Å²) in [5.74, 6) is -0.0990. The maximum atomic E-state index is 12.6. The SMILES string of the molecule is COCCNC(=O)c1nn(-c2ccc(C)cc2)c(Oc2ccccc2[N+](=O)[O-])c1C. The van der Waals surface area contributed by atoms with Gasteiger partial charge in [0.15, 0.2) is 5.69 Å². The second kappa shape index (κ2) is 9.19. The standard InChI is InChI=1S/C21H22N4O5/c1-14-8-10-16(11-9-14)24-21(30-18-7-5-4-6-17(18)25(27)28)15(2)19(23-24)20(26)22-12-13-29-3/h4-11H,12-13H2,1-3H3,(H,22,26). The average Bonchev–Trinajstić information content (AvgIpc) is 3.05. The highest BCUT2D eigenvalue weighted by molar-refractivity contribution is 5.94. The Morgan fingerprint density at radius 3 is 2.53 bits per heavy atom. The van der Waals surface area contributed by atoms with Crippen molar-refractivity contribution in [3.8, 4) is 17.3 Å². The van der Waals surface area contributed by atoms with E-state index in [1.807, 2.05) is 31.2 Å². The molecule has 9 nitrogen and oxygen atoms in total. The molecule has 0 aliphatic carbocycles. The Morgan fingerprint density at radius 2 is 1.87 bits per heavy atom. The molecule has 0 saturated carbocycles. The Kier molecular flexibility index (Phi) is 6.43. The molecule has 156 valence electrons. The number of amides is 1. The van der Waals surface area contributed by atoms with Crippen LogP contribution in [0.3, 0.4) is 0 Å². The van der Waals surface area contributed by atoms with Crippen LogP contribution in [0.2, 0.25) is 0 Å². The number of methoxy groups -OCH3 is 1. The molecule has 0 aliphatic heterocycles. The van der Waals surface area contributed by atoms with Gasteiger partial charge in [-0.2, -0.15) is 9.78 Å². The zero-order chi connectivity index (χ0) is 21.7. The van der Waals surface area contributed by atoms with Gasteiger partial charge in [-0.3, -0.25) is 14.9 Å². The molecule has 0 spiro atoms. The number of aromatic nitrogens is 2. The molecule has 3 aromatic rings. The van der Waals surface area contributed by atoms with Crippen LogP contribution in [0.15, 0.2) is 48.5 Å². The minimum Gasteiger partial charge on any atom is -0.431 e. The largest absolute Gasteiger partial charge is 0.431 e. The molecule has 0 unspecified atom stereocenters. The van der Waals surface area contributed by atoms with Crippen molar-refractivity contribution >= 4 is 11.6 Å². The molecular formula is C21H22N4O5. The number of ether oxygens (including phenoxy) is 2. The van der Waals surface area contributed by atoms with Crippen LogP contribution in [0.1, 0.15) is 21.6 Å². The van der Waals surface area contributed by atoms with Gasteiger partial charge in [-0.25, -0.2) is 0 Å². The van der Waals surface area contributed by atoms with E-state index >= 15 is 0 Å². The van der Waals surface area contributed by atoms with E-state index in [-0.39, 0.29) is 28.9 Å². The van der Waals surface area contributed by atoms with Gasteiger partial charge in [-0.1, -0.05) is 29.8 Å². The summed E-state index contributed by atoms with van der Waals surface area (Å²) < 4.78 is 12.4. The van der Waals surface area contributed by atoms with Gasteiger partial charge in [0.1, 0.15) is 0 Å². The number of nitro benzene ring substituents is 1. The van der Waals surface area contributed by atoms with Crippen molar-refractivity contribution in [2.75, 3.05) is 20.3 Å². The summed E-state index contributed by atoms with van der Waals surface area (Å²) in [5.41, 5.74) is 2.16. The number of carbonyl (C=O) groups is 1. The van der Waals surface area contributed by atoms with Gasteiger partial charge in [0, 0.05) is 25.3 Å². The van der Waals surface area contributed by atoms with Gasteiger partial charge in [-0.05, 0) is 32.0 Å². The minimum atomic E-state index is -0.518. The monoisotopic (exact) mass is 410 g/mol. The fraction of sp³-hybridized carbons (Fsp3) is 0.238. The molecule has 0 fully saturated rings. The van der Waals surface area contributed by atoms with Gasteiger partial charge >= 0.3 is 5.69 Å². The second-order valence-corrected chi connectivity index (χ2v) is 6.60. The molecular weight excluding hydrogens is 388 g/mol. The first-order valence-corrected chi connectivity index (χ1v) is 9.27. The quantitative estimate of drug-likeness (QED) is 0.345. The van der Waals surface area contributed by atoms with Crippen molar-refractivity contribution in [2.45, 2.75) is 13.8 Å². The van der Waals surface area contributed by atoms with Crippen LogP contribution in [-0.2, 0) is 4.74 Å². The normalized spacial score (nSPS) is 10.6. The van der Waals surface area contributed by atoms with E-state index in [4.69, 9.17) is 9.47 Å². The number of benzene rings is 2. The van der Waals surface area contributed by atoms with Crippen LogP contribution in [0.5, 0.6) is 11.6 Å². The number of aryl methyl sites for hydroxylation is 1. The molecule has 1 N–H and O–H groups in total. The van der Waals surface area contributed by atoms with E-state index in [0.29, 0.717) is 24.4 Å². The number of nitro groups is 1. The third-order valence-electron chi connectivity index (χ3n) is 4.42. The van der Waals surface area contributed by atoms with Crippen LogP contribution in [-0.4, -0.2) is 40.9 Å². The lowest BCUT2D eigenvalue weighted by molar-refractivity contribution is -0.385. The summed E-state index contributed by atoms with van der Waals surface area (Å²) in [4.78, 5) is 23.5. The van der Waals surface area contributed by atoms with Crippen molar-refractivity contribution in [1.29, 1.82) is 0 Å². The fourth-order valence-corrected chi connectivity index (χ4v) is 2.83. The average molecular weight is 410 g/mol. The van der Waals surface area contributed by atoms with Crippen LogP contribution < -0.4 is 10.1 Å². The summed E-state index contributed by atoms with van der Waals surface area (Å²) in [6.45, 7) is 4.33. The second-order valence-electron chi connectivity index (χ2n) is 6.60. The minimum absolute atomic E-state index is 0.0604. The zero-order valence-corrected chi connectivity index (χ0v) is 16.9. The first-order valence-electron chi connectivity index (χ1n) is 9.27. The van der Waals surface area contributed by atoms with Crippen LogP contribution in [0, 0.1) is 24.0 Å². The first kappa shape index (κ1) is 21.0. The molecule has 1 amide bonds. The number of carbonyl (C=O) groups excluding carboxylic acids is 1. The molecule has 1 heterocycles. The van der Waals surface area contributed by atoms with Gasteiger partial charge in [0.2, 0.25) is 11.6 Å². The summed E-state index contributed by atoms with van der Waals surface area (Å²) in [6, 6.07) is 13.5. The molecule has 3 rings (SSSR count). The Bertz CT molecular complexity index is 1060. The number of para-hydroxylation sites is 2. The van der Waals surface area contributed by atoms with Crippen molar-refractivity contribution in [2.24, 2.45) is 0 Å². The molecule has 1 aromatic heterocycles. The van der Waals surface area contributed by atoms with Crippen molar-refractivity contribution in [1.82, 2.24) is 15.1 Å². The lowest BCUT2D eigenvalue weighted by Gasteiger charge is -2.10. The van der Waals surface area contributed by atoms with Crippen LogP contribution in [0.25, 0.3) is 5.69 Å². The molecule has 2 aromatic carbocycles. The van der Waals surface area contributed by atoms with E-state index in [1.54, 1.807) is 26.2 Å². The lowest BCUT2D eigenvalue weighted by Crippen LogP contribution is -2.27. The van der Waals surface area contributed by atoms with Crippen molar-refractivity contribution < 1.29 is 19.2 Å². The van der Waals surface area contributed by atoms with E-state index in [9.17, 15) is 14.9 Å². The van der Waals surface area contributed by atoms with Gasteiger partial charge in [0.25, 0.3) is 5.91 Å². The molecule has 0 radical (unpaired) electrons. The Morgan fingerprint density at radius 1 is 1.17 bits per heavy atom. The van der Waals surface area contributed by atoms with Crippen molar-refractivity contribution in [3.63, 3.8) is 0 Å². The topological polar surface area (TPSA) is 109 Å². The Balaban J connectivity index is 2.07. The maximum absolute atomic E-state index is 12.6. The molecule has 0 saturated heterocycles. The fourth-order valence-electron chi connectivity index (χ4n) is 2.83. The summed E-state index contributed by atoms with van der Waals surface area (Å²) >= 11 is 0. The maximum Gasteiger partial charge on any atom is 0.311 e. The third kappa shape index (κ3) is 4.47. The van der Waals surface area contributed by atoms with Gasteiger partial charge in [0.05, 0.1) is 17.2 Å². The Hall–Kier alpha value is -3.72. The predicted octanol–water partition coefficient (Wildman–Crippen LogP) is 3.57. The summed E-state index contributed by atoms with van der Waals surface area (Å²) in [6.07, 6.45) is 0. The highest BCUT2D eigenvalue weighted by atomic mass is 16.6. The Labute approximate surface area is 173 Å². The highest BCUT2D eigenvalue weighted by Gasteiger charge is 2.25. The van der Waals surface area contributed by atoms with Gasteiger partial charge < -0.3 is 14.8 Å². The lowest BCUT2D eigenvalue weighted by atomic mass is 10.2. The molecule has 30 heavy (non-hydrogen) atoms. The number of hydrogen-bond donors (Lipinski definition) is 1. The van der Waals surface area contributed by atoms with E-state index in [2.05, 4.69) is 10.4 Å². The third-order valence-corrected chi connectivity index (χ3v) is 4.42. The number of hydrogen-bond acceptors (Lipinski definition) is 6. The molecule has 0 bridgehead atoms. The zero-order valence-electron chi connectivity index (χ0n) is 16.9. The van der Waals surface area contributed by atoms with Gasteiger partial charge in [-0.15, -0.1) is 0 Å². The van der Waals surface area contributed by atoms with E-state index in [0.717, 1.165) is 5.56 Å². The molecule has 9 heteroatoms. The van der Waals surface area contributed by atoms with Crippen LogP contribution >= 0.6 is 0 Å². The number of nitrogens with zero attached hydrogens (tertiary/aromatic N) is 3. The molecule has 0 aliphatic rings. The van der Waals surface area contributed by atoms with E-state index in [1.165, 1.54) is 16.8 Å². The molecule has 0 atom stereocenters. The summed E-state index contributed by atoms with van der Waals surface area (Å²) in [7, 11) is 1.54. The van der Waals surface area contributed by atoms with Crippen LogP contribution in [0.4, 0.5) is 5.69 Å². The predicted molar refractivity (Wildman–Crippen MR) is 110 cm³/mol. The highest BCUT2D eigenvalue weighted by Crippen LogP contribution is 2.35. The smallest absolute Gasteiger partial charge is 0.311 e. The van der Waals surface area contributed by atoms with Crippen molar-refractivity contribution in [3.05, 3.63) is 75.5 Å².